The molecule has 1 unspecified atom stereocenters. The number of nitriles is 1. The third kappa shape index (κ3) is 3.58. The first kappa shape index (κ1) is 14.5. The zero-order valence-electron chi connectivity index (χ0n) is 11.9. The summed E-state index contributed by atoms with van der Waals surface area (Å²) in [4.78, 5) is 14.4. The number of carbonyl (C=O) groups is 1. The van der Waals surface area contributed by atoms with Gasteiger partial charge in [-0.1, -0.05) is 19.1 Å². The van der Waals surface area contributed by atoms with Gasteiger partial charge in [0.25, 0.3) is 0 Å². The van der Waals surface area contributed by atoms with Crippen LogP contribution in [0.25, 0.3) is 0 Å². The fourth-order valence-electron chi connectivity index (χ4n) is 2.57. The SMILES string of the molecule is CCCN(Cc1ccc(C#N)cc1)C(=O)C1CCNC1. The molecule has 1 aliphatic heterocycles. The van der Waals surface area contributed by atoms with Crippen molar-refractivity contribution in [1.29, 1.82) is 5.26 Å². The van der Waals surface area contributed by atoms with E-state index in [9.17, 15) is 4.79 Å². The number of hydrogen-bond acceptors (Lipinski definition) is 3. The molecule has 2 rings (SSSR count). The second kappa shape index (κ2) is 7.06. The molecule has 1 saturated heterocycles. The average Bonchev–Trinajstić information content (AvgIpc) is 3.01. The molecule has 0 saturated carbocycles. The second-order valence-electron chi connectivity index (χ2n) is 5.26. The zero-order chi connectivity index (χ0) is 14.4. The molecular weight excluding hydrogens is 250 g/mol. The monoisotopic (exact) mass is 271 g/mol. The van der Waals surface area contributed by atoms with Crippen LogP contribution in [0.4, 0.5) is 0 Å². The molecule has 20 heavy (non-hydrogen) atoms. The van der Waals surface area contributed by atoms with Crippen LogP contribution in [-0.2, 0) is 11.3 Å². The normalized spacial score (nSPS) is 17.7. The summed E-state index contributed by atoms with van der Waals surface area (Å²) in [6.45, 7) is 5.25. The highest BCUT2D eigenvalue weighted by Crippen LogP contribution is 2.15. The van der Waals surface area contributed by atoms with Gasteiger partial charge in [-0.05, 0) is 37.1 Å². The summed E-state index contributed by atoms with van der Waals surface area (Å²) >= 11 is 0. The van der Waals surface area contributed by atoms with Gasteiger partial charge in [-0.25, -0.2) is 0 Å². The fraction of sp³-hybridized carbons (Fsp3) is 0.500. The topological polar surface area (TPSA) is 56.1 Å². The molecule has 1 amide bonds. The minimum atomic E-state index is 0.125. The van der Waals surface area contributed by atoms with Crippen molar-refractivity contribution in [3.63, 3.8) is 0 Å². The molecule has 4 heteroatoms. The van der Waals surface area contributed by atoms with E-state index in [1.165, 1.54) is 0 Å². The van der Waals surface area contributed by atoms with E-state index >= 15 is 0 Å². The van der Waals surface area contributed by atoms with E-state index in [2.05, 4.69) is 18.3 Å². The smallest absolute Gasteiger partial charge is 0.227 e. The Labute approximate surface area is 120 Å². The molecule has 1 atom stereocenters. The Morgan fingerprint density at radius 2 is 2.20 bits per heavy atom. The summed E-state index contributed by atoms with van der Waals surface area (Å²) in [7, 11) is 0. The van der Waals surface area contributed by atoms with Crippen LogP contribution in [0.2, 0.25) is 0 Å². The Hall–Kier alpha value is -1.86. The highest BCUT2D eigenvalue weighted by molar-refractivity contribution is 5.79. The molecule has 1 aliphatic rings. The Kier molecular flexibility index (Phi) is 5.14. The van der Waals surface area contributed by atoms with E-state index in [1.54, 1.807) is 12.1 Å². The number of benzene rings is 1. The van der Waals surface area contributed by atoms with E-state index in [4.69, 9.17) is 5.26 Å². The number of carbonyl (C=O) groups excluding carboxylic acids is 1. The standard InChI is InChI=1S/C16H21N3O/c1-2-9-19(16(20)15-7-8-18-11-15)12-14-5-3-13(10-17)4-6-14/h3-6,15,18H,2,7-9,11-12H2,1H3. The van der Waals surface area contributed by atoms with Crippen LogP contribution in [0.5, 0.6) is 0 Å². The van der Waals surface area contributed by atoms with E-state index < -0.39 is 0 Å². The Morgan fingerprint density at radius 3 is 2.75 bits per heavy atom. The maximum Gasteiger partial charge on any atom is 0.227 e. The van der Waals surface area contributed by atoms with Gasteiger partial charge in [0.15, 0.2) is 0 Å². The lowest BCUT2D eigenvalue weighted by Gasteiger charge is -2.25. The highest BCUT2D eigenvalue weighted by atomic mass is 16.2. The summed E-state index contributed by atoms with van der Waals surface area (Å²) in [5.74, 6) is 0.376. The Morgan fingerprint density at radius 1 is 1.45 bits per heavy atom. The van der Waals surface area contributed by atoms with Crippen molar-refractivity contribution in [2.75, 3.05) is 19.6 Å². The summed E-state index contributed by atoms with van der Waals surface area (Å²) < 4.78 is 0. The van der Waals surface area contributed by atoms with Crippen molar-refractivity contribution in [1.82, 2.24) is 10.2 Å². The van der Waals surface area contributed by atoms with Crippen molar-refractivity contribution < 1.29 is 4.79 Å². The van der Waals surface area contributed by atoms with Crippen LogP contribution in [0.15, 0.2) is 24.3 Å². The Bertz CT molecular complexity index is 483. The van der Waals surface area contributed by atoms with Crippen molar-refractivity contribution in [3.05, 3.63) is 35.4 Å². The molecule has 1 aromatic carbocycles. The third-order valence-electron chi connectivity index (χ3n) is 3.67. The number of amides is 1. The first-order chi connectivity index (χ1) is 9.74. The average molecular weight is 271 g/mol. The van der Waals surface area contributed by atoms with Crippen LogP contribution < -0.4 is 5.32 Å². The summed E-state index contributed by atoms with van der Waals surface area (Å²) in [5.41, 5.74) is 1.74. The maximum atomic E-state index is 12.5. The van der Waals surface area contributed by atoms with Gasteiger partial charge in [-0.15, -0.1) is 0 Å². The lowest BCUT2D eigenvalue weighted by molar-refractivity contribution is -0.135. The first-order valence-electron chi connectivity index (χ1n) is 7.23. The molecule has 4 nitrogen and oxygen atoms in total. The molecule has 0 bridgehead atoms. The number of hydrogen-bond donors (Lipinski definition) is 1. The van der Waals surface area contributed by atoms with Crippen molar-refractivity contribution in [3.8, 4) is 6.07 Å². The van der Waals surface area contributed by atoms with Gasteiger partial charge in [0.05, 0.1) is 17.6 Å². The lowest BCUT2D eigenvalue weighted by Crippen LogP contribution is -2.37. The largest absolute Gasteiger partial charge is 0.338 e. The molecule has 0 aromatic heterocycles. The quantitative estimate of drug-likeness (QED) is 0.890. The molecule has 1 heterocycles. The lowest BCUT2D eigenvalue weighted by atomic mass is 10.1. The zero-order valence-corrected chi connectivity index (χ0v) is 11.9. The minimum absolute atomic E-state index is 0.125. The molecule has 1 aromatic rings. The minimum Gasteiger partial charge on any atom is -0.338 e. The number of nitrogens with zero attached hydrogens (tertiary/aromatic N) is 2. The molecule has 0 spiro atoms. The van der Waals surface area contributed by atoms with Gasteiger partial charge < -0.3 is 10.2 Å². The fourth-order valence-corrected chi connectivity index (χ4v) is 2.57. The van der Waals surface area contributed by atoms with Gasteiger partial charge in [0.1, 0.15) is 0 Å². The van der Waals surface area contributed by atoms with Gasteiger partial charge in [-0.3, -0.25) is 4.79 Å². The summed E-state index contributed by atoms with van der Waals surface area (Å²) in [5, 5.41) is 12.1. The predicted octanol–water partition coefficient (Wildman–Crippen LogP) is 1.91. The molecule has 0 radical (unpaired) electrons. The molecule has 0 aliphatic carbocycles. The van der Waals surface area contributed by atoms with Crippen LogP contribution >= 0.6 is 0 Å². The third-order valence-corrected chi connectivity index (χ3v) is 3.67. The van der Waals surface area contributed by atoms with Gasteiger partial charge in [0.2, 0.25) is 5.91 Å². The van der Waals surface area contributed by atoms with Crippen molar-refractivity contribution in [2.24, 2.45) is 5.92 Å². The second-order valence-corrected chi connectivity index (χ2v) is 5.26. The highest BCUT2D eigenvalue weighted by Gasteiger charge is 2.26. The Balaban J connectivity index is 2.03. The number of nitrogens with one attached hydrogen (secondary N) is 1. The summed E-state index contributed by atoms with van der Waals surface area (Å²) in [6, 6.07) is 9.59. The maximum absolute atomic E-state index is 12.5. The van der Waals surface area contributed by atoms with E-state index in [-0.39, 0.29) is 11.8 Å². The van der Waals surface area contributed by atoms with Crippen LogP contribution in [-0.4, -0.2) is 30.4 Å². The van der Waals surface area contributed by atoms with Crippen LogP contribution in [0.1, 0.15) is 30.9 Å². The summed E-state index contributed by atoms with van der Waals surface area (Å²) in [6.07, 6.45) is 1.90. The first-order valence-corrected chi connectivity index (χ1v) is 7.23. The number of rotatable bonds is 5. The molecule has 1 N–H and O–H groups in total. The molecule has 106 valence electrons. The predicted molar refractivity (Wildman–Crippen MR) is 77.8 cm³/mol. The van der Waals surface area contributed by atoms with Crippen LogP contribution in [0.3, 0.4) is 0 Å². The van der Waals surface area contributed by atoms with Gasteiger partial charge >= 0.3 is 0 Å². The molecule has 1 fully saturated rings. The van der Waals surface area contributed by atoms with E-state index in [0.717, 1.165) is 38.0 Å². The van der Waals surface area contributed by atoms with Crippen LogP contribution in [0, 0.1) is 17.2 Å². The van der Waals surface area contributed by atoms with Gasteiger partial charge in [0, 0.05) is 19.6 Å². The van der Waals surface area contributed by atoms with Crippen molar-refractivity contribution >= 4 is 5.91 Å². The molecular formula is C16H21N3O. The van der Waals surface area contributed by atoms with E-state index in [1.807, 2.05) is 17.0 Å². The van der Waals surface area contributed by atoms with Crippen molar-refractivity contribution in [2.45, 2.75) is 26.3 Å². The van der Waals surface area contributed by atoms with E-state index in [0.29, 0.717) is 12.1 Å². The van der Waals surface area contributed by atoms with Gasteiger partial charge in [-0.2, -0.15) is 5.26 Å².